The molecule has 2 aliphatic rings. The van der Waals surface area contributed by atoms with Gasteiger partial charge in [0.1, 0.15) is 6.54 Å². The van der Waals surface area contributed by atoms with Crippen molar-refractivity contribution in [3.63, 3.8) is 0 Å². The second kappa shape index (κ2) is 9.38. The second-order valence-corrected chi connectivity index (χ2v) is 8.59. The summed E-state index contributed by atoms with van der Waals surface area (Å²) in [5, 5.41) is 3.84. The molecule has 160 valence electrons. The first kappa shape index (κ1) is 22.6. The highest BCUT2D eigenvalue weighted by atomic mass is 35.5. The lowest BCUT2D eigenvalue weighted by Crippen LogP contribution is -2.47. The molecule has 0 atom stereocenters. The molecule has 0 saturated heterocycles. The average molecular weight is 448 g/mol. The predicted octanol–water partition coefficient (Wildman–Crippen LogP) is 3.67. The van der Waals surface area contributed by atoms with Gasteiger partial charge in [-0.25, -0.2) is 0 Å². The van der Waals surface area contributed by atoms with Gasteiger partial charge in [-0.1, -0.05) is 41.9 Å². The molecule has 30 heavy (non-hydrogen) atoms. The van der Waals surface area contributed by atoms with Crippen LogP contribution in [-0.2, 0) is 16.8 Å². The summed E-state index contributed by atoms with van der Waals surface area (Å²) >= 11 is 6.18. The number of hydrogen-bond donors (Lipinski definition) is 2. The van der Waals surface area contributed by atoms with Crippen LogP contribution < -0.4 is 11.1 Å². The van der Waals surface area contributed by atoms with Gasteiger partial charge in [0.05, 0.1) is 0 Å². The highest BCUT2D eigenvalue weighted by molar-refractivity contribution is 6.30. The molecule has 7 heteroatoms. The molecular formula is C23H27Cl2N3O2. The molecule has 1 aliphatic heterocycles. The third-order valence-electron chi connectivity index (χ3n) is 6.37. The van der Waals surface area contributed by atoms with E-state index in [0.29, 0.717) is 18.7 Å². The standard InChI is InChI=1S/C23H26ClN3O2.ClH/c24-18-6-3-5-17(12-18)23(15-25)10-8-19(9-11-23)26-21(28)14-27-13-16-4-1-2-7-20(16)22(27)29;/h1-7,12,19H,8-11,13-15,25H2,(H,26,28);1H. The number of hydrogen-bond acceptors (Lipinski definition) is 3. The zero-order chi connectivity index (χ0) is 20.4. The largest absolute Gasteiger partial charge is 0.352 e. The fraction of sp³-hybridized carbons (Fsp3) is 0.391. The number of nitrogens with one attached hydrogen (secondary N) is 1. The molecule has 0 bridgehead atoms. The van der Waals surface area contributed by atoms with E-state index in [0.717, 1.165) is 36.3 Å². The number of rotatable bonds is 5. The van der Waals surface area contributed by atoms with E-state index >= 15 is 0 Å². The molecule has 0 radical (unpaired) electrons. The van der Waals surface area contributed by atoms with Crippen LogP contribution in [0.25, 0.3) is 0 Å². The Balaban J connectivity index is 0.00000256. The van der Waals surface area contributed by atoms with E-state index in [1.807, 2.05) is 42.5 Å². The van der Waals surface area contributed by atoms with Crippen LogP contribution in [0.1, 0.15) is 47.2 Å². The summed E-state index contributed by atoms with van der Waals surface area (Å²) in [5.74, 6) is -0.165. The number of benzene rings is 2. The first-order valence-corrected chi connectivity index (χ1v) is 10.5. The Morgan fingerprint density at radius 2 is 1.90 bits per heavy atom. The van der Waals surface area contributed by atoms with Crippen molar-refractivity contribution in [2.45, 2.75) is 43.7 Å². The fourth-order valence-electron chi connectivity index (χ4n) is 4.63. The maximum absolute atomic E-state index is 12.6. The smallest absolute Gasteiger partial charge is 0.254 e. The highest BCUT2D eigenvalue weighted by Gasteiger charge is 2.36. The molecule has 1 fully saturated rings. The number of nitrogens with zero attached hydrogens (tertiary/aromatic N) is 1. The molecule has 2 aromatic rings. The molecule has 2 aromatic carbocycles. The number of halogens is 2. The van der Waals surface area contributed by atoms with Crippen molar-refractivity contribution in [2.24, 2.45) is 5.73 Å². The normalized spacial score (nSPS) is 22.9. The maximum Gasteiger partial charge on any atom is 0.254 e. The lowest BCUT2D eigenvalue weighted by molar-refractivity contribution is -0.122. The Labute approximate surface area is 188 Å². The van der Waals surface area contributed by atoms with Gasteiger partial charge in [0, 0.05) is 35.1 Å². The second-order valence-electron chi connectivity index (χ2n) is 8.15. The molecule has 0 unspecified atom stereocenters. The molecule has 3 N–H and O–H groups in total. The van der Waals surface area contributed by atoms with Crippen LogP contribution in [0.3, 0.4) is 0 Å². The molecule has 5 nitrogen and oxygen atoms in total. The molecule has 1 saturated carbocycles. The minimum Gasteiger partial charge on any atom is -0.352 e. The maximum atomic E-state index is 12.6. The van der Waals surface area contributed by atoms with E-state index in [1.54, 1.807) is 4.90 Å². The molecule has 2 amide bonds. The third kappa shape index (κ3) is 4.48. The minimum atomic E-state index is -0.0980. The first-order chi connectivity index (χ1) is 14.0. The summed E-state index contributed by atoms with van der Waals surface area (Å²) in [4.78, 5) is 26.6. The average Bonchev–Trinajstić information content (AvgIpc) is 3.04. The van der Waals surface area contributed by atoms with Gasteiger partial charge in [-0.3, -0.25) is 9.59 Å². The summed E-state index contributed by atoms with van der Waals surface area (Å²) in [7, 11) is 0. The summed E-state index contributed by atoms with van der Waals surface area (Å²) in [6, 6.07) is 15.6. The van der Waals surface area contributed by atoms with Crippen LogP contribution in [0.15, 0.2) is 48.5 Å². The molecule has 1 aliphatic carbocycles. The van der Waals surface area contributed by atoms with Crippen molar-refractivity contribution in [1.29, 1.82) is 0 Å². The van der Waals surface area contributed by atoms with Crippen molar-refractivity contribution < 1.29 is 9.59 Å². The van der Waals surface area contributed by atoms with Crippen molar-refractivity contribution in [1.82, 2.24) is 10.2 Å². The molecule has 0 spiro atoms. The van der Waals surface area contributed by atoms with Gasteiger partial charge in [0.2, 0.25) is 5.91 Å². The summed E-state index contributed by atoms with van der Waals surface area (Å²) in [6.45, 7) is 1.16. The molecular weight excluding hydrogens is 421 g/mol. The van der Waals surface area contributed by atoms with Gasteiger partial charge in [0.25, 0.3) is 5.91 Å². The van der Waals surface area contributed by atoms with E-state index in [1.165, 1.54) is 5.56 Å². The quantitative estimate of drug-likeness (QED) is 0.733. The number of fused-ring (bicyclic) bond motifs is 1. The zero-order valence-electron chi connectivity index (χ0n) is 16.8. The Hall–Kier alpha value is -2.08. The van der Waals surface area contributed by atoms with E-state index in [9.17, 15) is 9.59 Å². The van der Waals surface area contributed by atoms with Crippen LogP contribution in [0.5, 0.6) is 0 Å². The number of carbonyl (C=O) groups is 2. The Morgan fingerprint density at radius 3 is 2.57 bits per heavy atom. The first-order valence-electron chi connectivity index (χ1n) is 10.1. The fourth-order valence-corrected chi connectivity index (χ4v) is 4.82. The van der Waals surface area contributed by atoms with Gasteiger partial charge in [-0.2, -0.15) is 0 Å². The topological polar surface area (TPSA) is 75.4 Å². The lowest BCUT2D eigenvalue weighted by atomic mass is 9.68. The van der Waals surface area contributed by atoms with Gasteiger partial charge >= 0.3 is 0 Å². The van der Waals surface area contributed by atoms with Gasteiger partial charge in [0.15, 0.2) is 0 Å². The van der Waals surface area contributed by atoms with Crippen LogP contribution >= 0.6 is 24.0 Å². The van der Waals surface area contributed by atoms with Gasteiger partial charge in [-0.15, -0.1) is 12.4 Å². The van der Waals surface area contributed by atoms with Crippen LogP contribution in [0.4, 0.5) is 0 Å². The van der Waals surface area contributed by atoms with Crippen molar-refractivity contribution in [3.8, 4) is 0 Å². The van der Waals surface area contributed by atoms with Crippen molar-refractivity contribution in [3.05, 3.63) is 70.2 Å². The van der Waals surface area contributed by atoms with Crippen molar-refractivity contribution in [2.75, 3.05) is 13.1 Å². The predicted molar refractivity (Wildman–Crippen MR) is 121 cm³/mol. The van der Waals surface area contributed by atoms with E-state index in [4.69, 9.17) is 17.3 Å². The van der Waals surface area contributed by atoms with Gasteiger partial charge in [-0.05, 0) is 55.0 Å². The number of carbonyl (C=O) groups excluding carboxylic acids is 2. The van der Waals surface area contributed by atoms with Crippen LogP contribution in [0, 0.1) is 0 Å². The summed E-state index contributed by atoms with van der Waals surface area (Å²) < 4.78 is 0. The summed E-state index contributed by atoms with van der Waals surface area (Å²) in [5.41, 5.74) is 8.94. The van der Waals surface area contributed by atoms with E-state index in [-0.39, 0.29) is 42.2 Å². The zero-order valence-corrected chi connectivity index (χ0v) is 18.3. The monoisotopic (exact) mass is 447 g/mol. The Bertz CT molecular complexity index is 926. The molecule has 1 heterocycles. The molecule has 0 aromatic heterocycles. The lowest BCUT2D eigenvalue weighted by Gasteiger charge is -2.40. The SMILES string of the molecule is Cl.NCC1(c2cccc(Cl)c2)CCC(NC(=O)CN2Cc3ccccc3C2=O)CC1. The highest BCUT2D eigenvalue weighted by Crippen LogP contribution is 2.39. The van der Waals surface area contributed by atoms with Crippen molar-refractivity contribution >= 4 is 35.8 Å². The molecule has 4 rings (SSSR count). The van der Waals surface area contributed by atoms with Crippen LogP contribution in [-0.4, -0.2) is 35.8 Å². The number of nitrogens with two attached hydrogens (primary N) is 1. The third-order valence-corrected chi connectivity index (χ3v) is 6.60. The Morgan fingerprint density at radius 1 is 1.17 bits per heavy atom. The summed E-state index contributed by atoms with van der Waals surface area (Å²) in [6.07, 6.45) is 3.54. The minimum absolute atomic E-state index is 0. The number of amides is 2. The van der Waals surface area contributed by atoms with Gasteiger partial charge < -0.3 is 16.0 Å². The Kier molecular flexibility index (Phi) is 7.06. The van der Waals surface area contributed by atoms with Crippen LogP contribution in [0.2, 0.25) is 5.02 Å². The van der Waals surface area contributed by atoms with E-state index in [2.05, 4.69) is 11.4 Å². The van der Waals surface area contributed by atoms with E-state index < -0.39 is 0 Å².